The third-order valence-corrected chi connectivity index (χ3v) is 6.29. The lowest BCUT2D eigenvalue weighted by Crippen LogP contribution is -2.27. The average Bonchev–Trinajstić information content (AvgIpc) is 2.50. The van der Waals surface area contributed by atoms with Gasteiger partial charge in [0.15, 0.2) is 0 Å². The molecule has 0 spiro atoms. The van der Waals surface area contributed by atoms with Crippen LogP contribution in [-0.2, 0) is 19.1 Å². The maximum Gasteiger partial charge on any atom is 0.338 e. The number of ether oxygens (including phenoxy) is 1. The summed E-state index contributed by atoms with van der Waals surface area (Å²) in [5, 5.41) is 12.1. The minimum absolute atomic E-state index is 0.0296. The number of methoxy groups -OCH3 is 1. The molecule has 0 aliphatic carbocycles. The van der Waals surface area contributed by atoms with Crippen molar-refractivity contribution in [2.24, 2.45) is 0 Å². The summed E-state index contributed by atoms with van der Waals surface area (Å²) in [5.74, 6) is -2.84. The van der Waals surface area contributed by atoms with Crippen molar-refractivity contribution in [2.75, 3.05) is 24.4 Å². The summed E-state index contributed by atoms with van der Waals surface area (Å²) in [6, 6.07) is 0. The van der Waals surface area contributed by atoms with Crippen molar-refractivity contribution in [1.82, 2.24) is 0 Å². The molecular weight excluding hydrogens is 673 g/mol. The van der Waals surface area contributed by atoms with Crippen LogP contribution in [0.5, 0.6) is 0 Å². The molecule has 8 nitrogen and oxygen atoms in total. The number of carboxylic acid groups (broad SMARTS) is 1. The third kappa shape index (κ3) is 5.15. The van der Waals surface area contributed by atoms with Crippen molar-refractivity contribution < 1.29 is 29.0 Å². The van der Waals surface area contributed by atoms with Gasteiger partial charge in [-0.15, -0.1) is 0 Å². The first-order valence-corrected chi connectivity index (χ1v) is 9.81. The Labute approximate surface area is 184 Å². The van der Waals surface area contributed by atoms with Gasteiger partial charge < -0.3 is 20.1 Å². The average molecular weight is 686 g/mol. The number of nitrogens with zero attached hydrogens (tertiary/aromatic N) is 1. The number of rotatable bonds is 5. The highest BCUT2D eigenvalue weighted by molar-refractivity contribution is 14.1. The lowest BCUT2D eigenvalue weighted by molar-refractivity contribution is -0.142. The molecule has 2 amide bonds. The lowest BCUT2D eigenvalue weighted by Gasteiger charge is -2.23. The van der Waals surface area contributed by atoms with Crippen LogP contribution in [0, 0.1) is 10.7 Å². The monoisotopic (exact) mass is 686 g/mol. The molecule has 11 heteroatoms. The van der Waals surface area contributed by atoms with Crippen LogP contribution in [0.2, 0.25) is 0 Å². The molecule has 136 valence electrons. The quantitative estimate of drug-likeness (QED) is 0.280. The molecule has 25 heavy (non-hydrogen) atoms. The van der Waals surface area contributed by atoms with Crippen molar-refractivity contribution >= 4 is 103 Å². The van der Waals surface area contributed by atoms with Crippen molar-refractivity contribution in [2.45, 2.75) is 13.3 Å². The van der Waals surface area contributed by atoms with E-state index in [1.165, 1.54) is 18.9 Å². The first-order valence-electron chi connectivity index (χ1n) is 6.57. The van der Waals surface area contributed by atoms with Gasteiger partial charge in [0.25, 0.3) is 0 Å². The normalized spacial score (nSPS) is 10.2. The number of halogens is 3. The number of hydrogen-bond acceptors (Lipinski definition) is 5. The second-order valence-corrected chi connectivity index (χ2v) is 7.96. The zero-order valence-corrected chi connectivity index (χ0v) is 19.7. The van der Waals surface area contributed by atoms with Gasteiger partial charge in [-0.1, -0.05) is 0 Å². The molecule has 0 saturated carbocycles. The summed E-state index contributed by atoms with van der Waals surface area (Å²) >= 11 is 5.61. The van der Waals surface area contributed by atoms with Gasteiger partial charge in [0.05, 0.1) is 34.8 Å². The number of amides is 2. The van der Waals surface area contributed by atoms with Crippen LogP contribution in [0.1, 0.15) is 23.7 Å². The van der Waals surface area contributed by atoms with Gasteiger partial charge in [-0.05, 0) is 67.8 Å². The van der Waals surface area contributed by atoms with Crippen LogP contribution in [0.3, 0.4) is 0 Å². The molecule has 2 N–H and O–H groups in total. The largest absolute Gasteiger partial charge is 0.478 e. The number of carbonyl (C=O) groups excluding carboxylic acids is 3. The number of anilines is 2. The summed E-state index contributed by atoms with van der Waals surface area (Å²) in [4.78, 5) is 48.0. The Morgan fingerprint density at radius 1 is 1.12 bits per heavy atom. The minimum Gasteiger partial charge on any atom is -0.478 e. The standard InChI is InChI=1S/C14H13I3N2O6/c1-5(20)19(2)13-10(16)8(14(23)24)9(15)12(11(13)17)18-6(21)4-7(22)25-3/h4H2,1-3H3,(H,18,21)(H,23,24). The summed E-state index contributed by atoms with van der Waals surface area (Å²) in [5.41, 5.74) is 0.578. The van der Waals surface area contributed by atoms with Crippen molar-refractivity contribution in [3.8, 4) is 0 Å². The molecule has 0 atom stereocenters. The first-order chi connectivity index (χ1) is 11.5. The lowest BCUT2D eigenvalue weighted by atomic mass is 10.1. The fourth-order valence-corrected chi connectivity index (χ4v) is 6.41. The predicted octanol–water partition coefficient (Wildman–Crippen LogP) is 2.68. The van der Waals surface area contributed by atoms with Gasteiger partial charge in [0.1, 0.15) is 6.42 Å². The molecule has 0 radical (unpaired) electrons. The number of carboxylic acids is 1. The maximum atomic E-state index is 12.0. The zero-order chi connectivity index (χ0) is 19.5. The van der Waals surface area contributed by atoms with E-state index in [-0.39, 0.29) is 17.2 Å². The predicted molar refractivity (Wildman–Crippen MR) is 116 cm³/mol. The Bertz CT molecular complexity index is 766. The second kappa shape index (κ2) is 9.29. The molecule has 0 aliphatic heterocycles. The van der Waals surface area contributed by atoms with Gasteiger partial charge in [-0.25, -0.2) is 4.79 Å². The Morgan fingerprint density at radius 3 is 2.12 bits per heavy atom. The second-order valence-electron chi connectivity index (χ2n) is 4.72. The number of hydrogen-bond donors (Lipinski definition) is 2. The van der Waals surface area contributed by atoms with E-state index >= 15 is 0 Å². The highest BCUT2D eigenvalue weighted by Crippen LogP contribution is 2.40. The molecule has 1 aromatic carbocycles. The maximum absolute atomic E-state index is 12.0. The highest BCUT2D eigenvalue weighted by Gasteiger charge is 2.28. The Balaban J connectivity index is 3.56. The number of nitrogens with one attached hydrogen (secondary N) is 1. The first kappa shape index (κ1) is 22.3. The van der Waals surface area contributed by atoms with Crippen molar-refractivity contribution in [3.63, 3.8) is 0 Å². The number of carbonyl (C=O) groups is 4. The van der Waals surface area contributed by atoms with Gasteiger partial charge in [0, 0.05) is 14.0 Å². The van der Waals surface area contributed by atoms with Gasteiger partial charge in [-0.2, -0.15) is 0 Å². The molecule has 0 heterocycles. The number of aromatic carboxylic acids is 1. The van der Waals surface area contributed by atoms with E-state index in [4.69, 9.17) is 0 Å². The molecular formula is C14H13I3N2O6. The molecule has 0 bridgehead atoms. The Morgan fingerprint density at radius 2 is 1.68 bits per heavy atom. The van der Waals surface area contributed by atoms with Crippen LogP contribution in [-0.4, -0.2) is 43.0 Å². The smallest absolute Gasteiger partial charge is 0.338 e. The van der Waals surface area contributed by atoms with Crippen LogP contribution < -0.4 is 10.2 Å². The van der Waals surface area contributed by atoms with Crippen molar-refractivity contribution in [3.05, 3.63) is 16.3 Å². The summed E-state index contributed by atoms with van der Waals surface area (Å²) in [6.45, 7) is 1.35. The highest BCUT2D eigenvalue weighted by atomic mass is 127. The van der Waals surface area contributed by atoms with Crippen molar-refractivity contribution in [1.29, 1.82) is 0 Å². The van der Waals surface area contributed by atoms with E-state index in [0.29, 0.717) is 16.4 Å². The minimum atomic E-state index is -1.19. The number of esters is 1. The van der Waals surface area contributed by atoms with Crippen LogP contribution in [0.15, 0.2) is 0 Å². The van der Waals surface area contributed by atoms with E-state index in [9.17, 15) is 24.3 Å². The van der Waals surface area contributed by atoms with Crippen LogP contribution in [0.25, 0.3) is 0 Å². The molecule has 1 rings (SSSR count). The number of benzene rings is 1. The van der Waals surface area contributed by atoms with Crippen LogP contribution >= 0.6 is 67.8 Å². The molecule has 0 unspecified atom stereocenters. The molecule has 0 saturated heterocycles. The molecule has 1 aromatic rings. The van der Waals surface area contributed by atoms with Gasteiger partial charge >= 0.3 is 11.9 Å². The van der Waals surface area contributed by atoms with E-state index in [0.717, 1.165) is 7.11 Å². The fourth-order valence-electron chi connectivity index (χ4n) is 1.79. The van der Waals surface area contributed by atoms with Gasteiger partial charge in [-0.3, -0.25) is 14.4 Å². The fraction of sp³-hybridized carbons (Fsp3) is 0.286. The third-order valence-electron chi connectivity index (χ3n) is 3.11. The summed E-state index contributed by atoms with van der Waals surface area (Å²) in [7, 11) is 2.68. The topological polar surface area (TPSA) is 113 Å². The molecule has 0 aliphatic rings. The SMILES string of the molecule is COC(=O)CC(=O)Nc1c(I)c(C(=O)O)c(I)c(N(C)C(C)=O)c1I. The summed E-state index contributed by atoms with van der Waals surface area (Å²) < 4.78 is 5.62. The van der Waals surface area contributed by atoms with E-state index in [1.807, 2.05) is 67.8 Å². The van der Waals surface area contributed by atoms with E-state index in [1.54, 1.807) is 0 Å². The molecule has 0 fully saturated rings. The summed E-state index contributed by atoms with van der Waals surface area (Å²) in [6.07, 6.45) is -0.505. The van der Waals surface area contributed by atoms with E-state index in [2.05, 4.69) is 10.1 Å². The van der Waals surface area contributed by atoms with Gasteiger partial charge in [0.2, 0.25) is 11.8 Å². The van der Waals surface area contributed by atoms with E-state index < -0.39 is 24.3 Å². The Kier molecular flexibility index (Phi) is 8.30. The van der Waals surface area contributed by atoms with Crippen LogP contribution in [0.4, 0.5) is 11.4 Å². The Hall–Kier alpha value is -0.710. The molecule has 0 aromatic heterocycles. The zero-order valence-electron chi connectivity index (χ0n) is 13.3.